The summed E-state index contributed by atoms with van der Waals surface area (Å²) in [5, 5.41) is 17.0. The van der Waals surface area contributed by atoms with Crippen LogP contribution in [0.1, 0.15) is 59.1 Å². The molecule has 1 aliphatic rings. The molecule has 0 amide bonds. The van der Waals surface area contributed by atoms with Crippen LogP contribution in [-0.4, -0.2) is 38.1 Å². The summed E-state index contributed by atoms with van der Waals surface area (Å²) in [4.78, 5) is 23.3. The van der Waals surface area contributed by atoms with Crippen LogP contribution in [0, 0.1) is 0 Å². The fraction of sp³-hybridized carbons (Fsp3) is 0.375. The van der Waals surface area contributed by atoms with Gasteiger partial charge in [-0.1, -0.05) is 11.3 Å². The average Bonchev–Trinajstić information content (AvgIpc) is 3.24. The number of hydrogen-bond donors (Lipinski definition) is 1. The highest BCUT2D eigenvalue weighted by atomic mass is 16.5. The predicted molar refractivity (Wildman–Crippen MR) is 80.8 cm³/mol. The van der Waals surface area contributed by atoms with Gasteiger partial charge in [-0.05, 0) is 44.9 Å². The first-order valence-electron chi connectivity index (χ1n) is 7.47. The van der Waals surface area contributed by atoms with Gasteiger partial charge in [-0.15, -0.1) is 5.10 Å². The minimum Gasteiger partial charge on any atom is -0.476 e. The molecule has 7 nitrogen and oxygen atoms in total. The zero-order chi connectivity index (χ0) is 16.6. The fourth-order valence-corrected chi connectivity index (χ4v) is 2.40. The number of nitrogens with zero attached hydrogens (tertiary/aromatic N) is 3. The molecule has 1 aromatic heterocycles. The molecule has 7 heteroatoms. The maximum atomic E-state index is 12.0. The quantitative estimate of drug-likeness (QED) is 0.851. The summed E-state index contributed by atoms with van der Waals surface area (Å²) < 4.78 is 6.69. The van der Waals surface area contributed by atoms with Crippen LogP contribution in [0.15, 0.2) is 24.3 Å². The molecular weight excluding hydrogens is 298 g/mol. The van der Waals surface area contributed by atoms with Gasteiger partial charge < -0.3 is 9.84 Å². The molecular formula is C16H17N3O4. The standard InChI is InChI=1S/C16H17N3O4/c1-9(2)23-16(22)11-4-3-5-12(8-11)19-14(10-6-7-10)13(15(20)21)17-18-19/h3-5,8-10H,6-7H2,1-2H3,(H,20,21). The van der Waals surface area contributed by atoms with Gasteiger partial charge in [0.05, 0.1) is 23.0 Å². The van der Waals surface area contributed by atoms with Gasteiger partial charge >= 0.3 is 11.9 Å². The summed E-state index contributed by atoms with van der Waals surface area (Å²) in [6.45, 7) is 3.56. The van der Waals surface area contributed by atoms with Gasteiger partial charge in [0.2, 0.25) is 0 Å². The molecule has 1 saturated carbocycles. The van der Waals surface area contributed by atoms with Crippen molar-refractivity contribution < 1.29 is 19.4 Å². The number of benzene rings is 1. The number of carboxylic acids is 1. The van der Waals surface area contributed by atoms with Crippen LogP contribution in [0.25, 0.3) is 5.69 Å². The van der Waals surface area contributed by atoms with Crippen molar-refractivity contribution in [1.29, 1.82) is 0 Å². The third-order valence-corrected chi connectivity index (χ3v) is 3.54. The van der Waals surface area contributed by atoms with E-state index in [4.69, 9.17) is 4.74 Å². The van der Waals surface area contributed by atoms with Crippen LogP contribution >= 0.6 is 0 Å². The molecule has 0 spiro atoms. The zero-order valence-corrected chi connectivity index (χ0v) is 12.9. The van der Waals surface area contributed by atoms with Crippen molar-refractivity contribution >= 4 is 11.9 Å². The Kier molecular flexibility index (Phi) is 3.85. The monoisotopic (exact) mass is 315 g/mol. The summed E-state index contributed by atoms with van der Waals surface area (Å²) in [6, 6.07) is 6.76. The Bertz CT molecular complexity index is 762. The number of carboxylic acid groups (broad SMARTS) is 1. The van der Waals surface area contributed by atoms with Gasteiger partial charge in [0, 0.05) is 5.92 Å². The second-order valence-corrected chi connectivity index (χ2v) is 5.82. The summed E-state index contributed by atoms with van der Waals surface area (Å²) in [7, 11) is 0. The molecule has 0 saturated heterocycles. The number of ether oxygens (including phenoxy) is 1. The van der Waals surface area contributed by atoms with Crippen LogP contribution in [0.3, 0.4) is 0 Å². The fourth-order valence-electron chi connectivity index (χ4n) is 2.40. The number of esters is 1. The lowest BCUT2D eigenvalue weighted by molar-refractivity contribution is 0.0377. The second kappa shape index (κ2) is 5.83. The molecule has 2 aromatic rings. The maximum absolute atomic E-state index is 12.0. The van der Waals surface area contributed by atoms with E-state index in [9.17, 15) is 14.7 Å². The highest BCUT2D eigenvalue weighted by Crippen LogP contribution is 2.41. The summed E-state index contributed by atoms with van der Waals surface area (Å²) >= 11 is 0. The van der Waals surface area contributed by atoms with Gasteiger partial charge in [-0.2, -0.15) is 0 Å². The topological polar surface area (TPSA) is 94.3 Å². The van der Waals surface area contributed by atoms with E-state index in [2.05, 4.69) is 10.3 Å². The van der Waals surface area contributed by atoms with Crippen molar-refractivity contribution in [3.63, 3.8) is 0 Å². The van der Waals surface area contributed by atoms with Crippen LogP contribution in [0.5, 0.6) is 0 Å². The van der Waals surface area contributed by atoms with E-state index in [1.807, 2.05) is 0 Å². The number of carbonyl (C=O) groups is 2. The predicted octanol–water partition coefficient (Wildman–Crippen LogP) is 2.41. The zero-order valence-electron chi connectivity index (χ0n) is 12.9. The normalized spacial score (nSPS) is 14.0. The summed E-state index contributed by atoms with van der Waals surface area (Å²) in [5.41, 5.74) is 1.56. The first kappa shape index (κ1) is 15.2. The van der Waals surface area contributed by atoms with Crippen LogP contribution in [0.4, 0.5) is 0 Å². The minimum atomic E-state index is -1.09. The Hall–Kier alpha value is -2.70. The van der Waals surface area contributed by atoms with E-state index in [0.29, 0.717) is 16.9 Å². The summed E-state index contributed by atoms with van der Waals surface area (Å²) in [5.74, 6) is -1.36. The molecule has 1 N–H and O–H groups in total. The Balaban J connectivity index is 1.99. The minimum absolute atomic E-state index is 0.0253. The number of hydrogen-bond acceptors (Lipinski definition) is 5. The first-order chi connectivity index (χ1) is 11.0. The molecule has 1 aliphatic carbocycles. The van der Waals surface area contributed by atoms with E-state index >= 15 is 0 Å². The maximum Gasteiger partial charge on any atom is 0.358 e. The molecule has 0 unspecified atom stereocenters. The molecule has 0 atom stereocenters. The number of rotatable bonds is 5. The van der Waals surface area contributed by atoms with Gasteiger partial charge in [0.25, 0.3) is 0 Å². The largest absolute Gasteiger partial charge is 0.476 e. The Labute approximate surface area is 132 Å². The lowest BCUT2D eigenvalue weighted by Gasteiger charge is -2.10. The molecule has 0 bridgehead atoms. The number of carbonyl (C=O) groups excluding carboxylic acids is 1. The molecule has 1 aromatic carbocycles. The van der Waals surface area contributed by atoms with Crippen LogP contribution in [-0.2, 0) is 4.74 Å². The first-order valence-corrected chi connectivity index (χ1v) is 7.47. The van der Waals surface area contributed by atoms with Crippen molar-refractivity contribution in [2.24, 2.45) is 0 Å². The van der Waals surface area contributed by atoms with Crippen molar-refractivity contribution in [3.8, 4) is 5.69 Å². The van der Waals surface area contributed by atoms with E-state index in [1.54, 1.807) is 38.1 Å². The molecule has 1 fully saturated rings. The van der Waals surface area contributed by atoms with Gasteiger partial charge in [-0.25, -0.2) is 14.3 Å². The molecule has 3 rings (SSSR count). The van der Waals surface area contributed by atoms with Crippen molar-refractivity contribution in [2.45, 2.75) is 38.7 Å². The van der Waals surface area contributed by atoms with E-state index in [0.717, 1.165) is 12.8 Å². The average molecular weight is 315 g/mol. The van der Waals surface area contributed by atoms with E-state index < -0.39 is 11.9 Å². The van der Waals surface area contributed by atoms with Gasteiger partial charge in [-0.3, -0.25) is 0 Å². The highest BCUT2D eigenvalue weighted by Gasteiger charge is 2.34. The lowest BCUT2D eigenvalue weighted by Crippen LogP contribution is -2.12. The Morgan fingerprint density at radius 1 is 1.35 bits per heavy atom. The van der Waals surface area contributed by atoms with Crippen LogP contribution < -0.4 is 0 Å². The van der Waals surface area contributed by atoms with Crippen LogP contribution in [0.2, 0.25) is 0 Å². The molecule has 120 valence electrons. The third kappa shape index (κ3) is 3.08. The van der Waals surface area contributed by atoms with E-state index in [1.165, 1.54) is 4.68 Å². The number of aromatic carboxylic acids is 1. The SMILES string of the molecule is CC(C)OC(=O)c1cccc(-n2nnc(C(=O)O)c2C2CC2)c1. The summed E-state index contributed by atoms with van der Waals surface area (Å²) in [6.07, 6.45) is 1.63. The second-order valence-electron chi connectivity index (χ2n) is 5.82. The molecule has 0 radical (unpaired) electrons. The lowest BCUT2D eigenvalue weighted by atomic mass is 10.1. The highest BCUT2D eigenvalue weighted by molar-refractivity contribution is 5.90. The Morgan fingerprint density at radius 3 is 2.70 bits per heavy atom. The molecule has 23 heavy (non-hydrogen) atoms. The van der Waals surface area contributed by atoms with Crippen molar-refractivity contribution in [2.75, 3.05) is 0 Å². The molecule has 1 heterocycles. The van der Waals surface area contributed by atoms with Gasteiger partial charge in [0.1, 0.15) is 0 Å². The molecule has 0 aliphatic heterocycles. The smallest absolute Gasteiger partial charge is 0.358 e. The van der Waals surface area contributed by atoms with Crippen molar-refractivity contribution in [1.82, 2.24) is 15.0 Å². The number of aromatic nitrogens is 3. The Morgan fingerprint density at radius 2 is 2.09 bits per heavy atom. The van der Waals surface area contributed by atoms with Crippen molar-refractivity contribution in [3.05, 3.63) is 41.2 Å². The third-order valence-electron chi connectivity index (χ3n) is 3.54. The van der Waals surface area contributed by atoms with E-state index in [-0.39, 0.29) is 17.7 Å². The van der Waals surface area contributed by atoms with Gasteiger partial charge in [0.15, 0.2) is 5.69 Å².